The van der Waals surface area contributed by atoms with Gasteiger partial charge >= 0.3 is 0 Å². The predicted octanol–water partition coefficient (Wildman–Crippen LogP) is 4.00. The van der Waals surface area contributed by atoms with Crippen molar-refractivity contribution in [3.8, 4) is 0 Å². The van der Waals surface area contributed by atoms with Gasteiger partial charge < -0.3 is 5.11 Å². The number of aliphatic hydroxyl groups is 1. The standard InChI is InChI=1S/C24H35N3O2/c1-23(29)9-7-16-15(12-23)3-4-18-17(16)8-10-24(2)19(18)5-6-20(24)21(28)11-22-26-13-25-14-27-22/h13-20,29H,3-12H2,1-2H3/t15-,16+,17-,18-,19+,20-,23-,24+/m1/s1. The summed E-state index contributed by atoms with van der Waals surface area (Å²) in [5.41, 5.74) is -0.296. The van der Waals surface area contributed by atoms with Gasteiger partial charge in [0.15, 0.2) is 0 Å². The SMILES string of the molecule is C[C@@]1(O)CC[C@H]2[C@H](CC[C@@H]3[C@@H]2CC[C@]2(C)[C@@H](C(=O)Cc4ncncn4)CC[C@@H]32)C1. The largest absolute Gasteiger partial charge is 0.390 e. The minimum Gasteiger partial charge on any atom is -0.390 e. The first-order valence-electron chi connectivity index (χ1n) is 11.7. The highest BCUT2D eigenvalue weighted by Gasteiger charge is 2.58. The first-order valence-corrected chi connectivity index (χ1v) is 11.7. The van der Waals surface area contributed by atoms with Crippen molar-refractivity contribution in [3.63, 3.8) is 0 Å². The third-order valence-electron chi connectivity index (χ3n) is 9.50. The van der Waals surface area contributed by atoms with Crippen LogP contribution >= 0.6 is 0 Å². The van der Waals surface area contributed by atoms with Crippen LogP contribution in [0.4, 0.5) is 0 Å². The molecule has 0 saturated heterocycles. The second kappa shape index (κ2) is 7.11. The van der Waals surface area contributed by atoms with Gasteiger partial charge in [-0.05, 0) is 99.7 Å². The number of fused-ring (bicyclic) bond motifs is 5. The van der Waals surface area contributed by atoms with Crippen LogP contribution in [0.1, 0.15) is 77.5 Å². The van der Waals surface area contributed by atoms with Gasteiger partial charge in [0.2, 0.25) is 0 Å². The summed E-state index contributed by atoms with van der Waals surface area (Å²) in [4.78, 5) is 25.4. The lowest BCUT2D eigenvalue weighted by Gasteiger charge is -2.56. The lowest BCUT2D eigenvalue weighted by atomic mass is 9.49. The summed E-state index contributed by atoms with van der Waals surface area (Å²) in [6.45, 7) is 4.45. The minimum atomic E-state index is -0.447. The van der Waals surface area contributed by atoms with Crippen molar-refractivity contribution in [1.82, 2.24) is 15.0 Å². The molecule has 0 unspecified atom stereocenters. The van der Waals surface area contributed by atoms with Crippen LogP contribution in [-0.2, 0) is 11.2 Å². The summed E-state index contributed by atoms with van der Waals surface area (Å²) in [5.74, 6) is 4.92. The summed E-state index contributed by atoms with van der Waals surface area (Å²) in [6.07, 6.45) is 13.8. The molecule has 1 N–H and O–H groups in total. The molecule has 0 spiro atoms. The van der Waals surface area contributed by atoms with E-state index in [-0.39, 0.29) is 11.3 Å². The minimum absolute atomic E-state index is 0.151. The van der Waals surface area contributed by atoms with Crippen LogP contribution in [0, 0.1) is 40.9 Å². The molecule has 0 amide bonds. The van der Waals surface area contributed by atoms with Crippen molar-refractivity contribution in [2.45, 2.75) is 83.7 Å². The molecule has 4 aliphatic rings. The molecule has 5 nitrogen and oxygen atoms in total. The van der Waals surface area contributed by atoms with E-state index < -0.39 is 5.60 Å². The molecule has 4 aliphatic carbocycles. The number of rotatable bonds is 3. The number of aromatic nitrogens is 3. The molecule has 0 aliphatic heterocycles. The Bertz CT molecular complexity index is 767. The Morgan fingerprint density at radius 2 is 1.76 bits per heavy atom. The van der Waals surface area contributed by atoms with Crippen molar-refractivity contribution >= 4 is 5.78 Å². The molecule has 4 saturated carbocycles. The molecule has 158 valence electrons. The molecule has 1 heterocycles. The lowest BCUT2D eigenvalue weighted by molar-refractivity contribution is -0.131. The molecule has 4 fully saturated rings. The fourth-order valence-corrected chi connectivity index (χ4v) is 8.24. The van der Waals surface area contributed by atoms with Gasteiger partial charge in [-0.3, -0.25) is 4.79 Å². The van der Waals surface area contributed by atoms with Crippen molar-refractivity contribution in [2.24, 2.45) is 40.9 Å². The Kier molecular flexibility index (Phi) is 4.80. The maximum absolute atomic E-state index is 13.2. The van der Waals surface area contributed by atoms with E-state index in [1.54, 1.807) is 0 Å². The molecular formula is C24H35N3O2. The van der Waals surface area contributed by atoms with Crippen LogP contribution in [0.15, 0.2) is 12.7 Å². The zero-order valence-corrected chi connectivity index (χ0v) is 17.9. The molecule has 8 atom stereocenters. The fraction of sp³-hybridized carbons (Fsp3) is 0.833. The average molecular weight is 398 g/mol. The van der Waals surface area contributed by atoms with Gasteiger partial charge in [0.25, 0.3) is 0 Å². The van der Waals surface area contributed by atoms with Gasteiger partial charge in [0.05, 0.1) is 12.0 Å². The van der Waals surface area contributed by atoms with E-state index in [4.69, 9.17) is 0 Å². The Hall–Kier alpha value is -1.36. The van der Waals surface area contributed by atoms with Crippen molar-refractivity contribution < 1.29 is 9.90 Å². The van der Waals surface area contributed by atoms with E-state index in [2.05, 4.69) is 21.9 Å². The number of carbonyl (C=O) groups excluding carboxylic acids is 1. The first-order chi connectivity index (χ1) is 13.9. The van der Waals surface area contributed by atoms with Crippen LogP contribution in [0.3, 0.4) is 0 Å². The number of hydrogen-bond donors (Lipinski definition) is 1. The first kappa shape index (κ1) is 19.6. The van der Waals surface area contributed by atoms with E-state index >= 15 is 0 Å². The molecule has 5 rings (SSSR count). The normalized spacial score (nSPS) is 46.4. The maximum Gasteiger partial charge on any atom is 0.144 e. The highest BCUT2D eigenvalue weighted by atomic mass is 16.3. The van der Waals surface area contributed by atoms with Crippen molar-refractivity contribution in [1.29, 1.82) is 0 Å². The maximum atomic E-state index is 13.2. The van der Waals surface area contributed by atoms with Gasteiger partial charge in [-0.2, -0.15) is 0 Å². The van der Waals surface area contributed by atoms with Gasteiger partial charge in [-0.1, -0.05) is 6.92 Å². The summed E-state index contributed by atoms with van der Waals surface area (Å²) in [7, 11) is 0. The molecule has 1 aromatic rings. The highest BCUT2D eigenvalue weighted by molar-refractivity contribution is 5.83. The van der Waals surface area contributed by atoms with Gasteiger partial charge in [0, 0.05) is 5.92 Å². The Labute approximate surface area is 174 Å². The van der Waals surface area contributed by atoms with Crippen LogP contribution in [0.5, 0.6) is 0 Å². The fourth-order valence-electron chi connectivity index (χ4n) is 8.24. The molecule has 5 heteroatoms. The van der Waals surface area contributed by atoms with Crippen LogP contribution in [0.2, 0.25) is 0 Å². The Morgan fingerprint density at radius 3 is 2.55 bits per heavy atom. The smallest absolute Gasteiger partial charge is 0.144 e. The zero-order valence-electron chi connectivity index (χ0n) is 17.9. The van der Waals surface area contributed by atoms with E-state index in [1.165, 1.54) is 51.2 Å². The zero-order chi connectivity index (χ0) is 20.2. The number of Topliss-reactive ketones (excluding diaryl/α,β-unsaturated/α-hetero) is 1. The predicted molar refractivity (Wildman–Crippen MR) is 110 cm³/mol. The second-order valence-electron chi connectivity index (χ2n) is 11.0. The third-order valence-corrected chi connectivity index (χ3v) is 9.50. The number of ketones is 1. The summed E-state index contributed by atoms with van der Waals surface area (Å²) >= 11 is 0. The highest BCUT2D eigenvalue weighted by Crippen LogP contribution is 2.64. The number of carbonyl (C=O) groups is 1. The van der Waals surface area contributed by atoms with E-state index in [1.807, 2.05) is 6.92 Å². The summed E-state index contributed by atoms with van der Waals surface area (Å²) in [6, 6.07) is 0. The van der Waals surface area contributed by atoms with Gasteiger partial charge in [-0.25, -0.2) is 15.0 Å². The number of nitrogens with zero attached hydrogens (tertiary/aromatic N) is 3. The molecule has 29 heavy (non-hydrogen) atoms. The van der Waals surface area contributed by atoms with Crippen LogP contribution in [-0.4, -0.2) is 31.4 Å². The molecular weight excluding hydrogens is 362 g/mol. The molecule has 0 aromatic carbocycles. The Morgan fingerprint density at radius 1 is 1.00 bits per heavy atom. The van der Waals surface area contributed by atoms with E-state index in [0.29, 0.717) is 29.9 Å². The quantitative estimate of drug-likeness (QED) is 0.834. The summed E-state index contributed by atoms with van der Waals surface area (Å²) < 4.78 is 0. The lowest BCUT2D eigenvalue weighted by Crippen LogP contribution is -2.51. The third kappa shape index (κ3) is 3.34. The van der Waals surface area contributed by atoms with Crippen molar-refractivity contribution in [2.75, 3.05) is 0 Å². The monoisotopic (exact) mass is 397 g/mol. The van der Waals surface area contributed by atoms with Crippen LogP contribution in [0.25, 0.3) is 0 Å². The van der Waals surface area contributed by atoms with Crippen molar-refractivity contribution in [3.05, 3.63) is 18.5 Å². The number of hydrogen-bond acceptors (Lipinski definition) is 5. The summed E-state index contributed by atoms with van der Waals surface area (Å²) in [5, 5.41) is 10.6. The second-order valence-corrected chi connectivity index (χ2v) is 11.0. The van der Waals surface area contributed by atoms with Gasteiger partial charge in [0.1, 0.15) is 24.3 Å². The molecule has 0 bridgehead atoms. The van der Waals surface area contributed by atoms with E-state index in [9.17, 15) is 9.90 Å². The molecule has 1 aromatic heterocycles. The van der Waals surface area contributed by atoms with Gasteiger partial charge in [-0.15, -0.1) is 0 Å². The van der Waals surface area contributed by atoms with Crippen LogP contribution < -0.4 is 0 Å². The average Bonchev–Trinajstić information content (AvgIpc) is 3.05. The Balaban J connectivity index is 1.31. The molecule has 0 radical (unpaired) electrons. The topological polar surface area (TPSA) is 76.0 Å². The van der Waals surface area contributed by atoms with E-state index in [0.717, 1.165) is 37.0 Å².